The summed E-state index contributed by atoms with van der Waals surface area (Å²) in [6.07, 6.45) is 0. The van der Waals surface area contributed by atoms with Crippen molar-refractivity contribution in [3.8, 4) is 6.01 Å². The number of imidazole rings is 1. The summed E-state index contributed by atoms with van der Waals surface area (Å²) in [5.74, 6) is 0. The number of aliphatic hydroxyl groups excluding tert-OH is 2. The maximum atomic E-state index is 9.10. The average molecular weight is 266 g/mol. The van der Waals surface area contributed by atoms with E-state index >= 15 is 0 Å². The number of nitrogens with one attached hydrogen (secondary N) is 1. The SMILES string of the molecule is COc1nc2c(N)ccc(N(CCO)CCO)c2[nH]1. The van der Waals surface area contributed by atoms with Gasteiger partial charge in [-0.3, -0.25) is 0 Å². The molecule has 0 spiro atoms. The molecule has 0 aliphatic rings. The molecule has 0 saturated heterocycles. The molecule has 2 aromatic rings. The Labute approximate surface area is 110 Å². The zero-order valence-corrected chi connectivity index (χ0v) is 10.8. The molecular weight excluding hydrogens is 248 g/mol. The number of rotatable bonds is 6. The lowest BCUT2D eigenvalue weighted by Gasteiger charge is -2.23. The molecule has 0 radical (unpaired) electrons. The van der Waals surface area contributed by atoms with Crippen LogP contribution in [0.5, 0.6) is 6.01 Å². The second-order valence-electron chi connectivity index (χ2n) is 4.08. The standard InChI is InChI=1S/C12H18N4O3/c1-19-12-14-10-8(13)2-3-9(11(10)15-12)16(4-6-17)5-7-18/h2-3,17-18H,4-7,13H2,1H3,(H,14,15). The quantitative estimate of drug-likeness (QED) is 0.546. The normalized spacial score (nSPS) is 10.9. The van der Waals surface area contributed by atoms with Crippen molar-refractivity contribution in [2.75, 3.05) is 44.0 Å². The monoisotopic (exact) mass is 266 g/mol. The first-order valence-corrected chi connectivity index (χ1v) is 6.00. The van der Waals surface area contributed by atoms with E-state index < -0.39 is 0 Å². The van der Waals surface area contributed by atoms with Gasteiger partial charge in [0.2, 0.25) is 0 Å². The number of nitrogen functional groups attached to an aromatic ring is 1. The van der Waals surface area contributed by atoms with Crippen molar-refractivity contribution >= 4 is 22.4 Å². The number of hydrogen-bond donors (Lipinski definition) is 4. The maximum Gasteiger partial charge on any atom is 0.294 e. The van der Waals surface area contributed by atoms with Crippen molar-refractivity contribution in [2.45, 2.75) is 0 Å². The molecule has 0 bridgehead atoms. The van der Waals surface area contributed by atoms with Gasteiger partial charge in [0, 0.05) is 13.1 Å². The third kappa shape index (κ3) is 2.56. The molecule has 104 valence electrons. The van der Waals surface area contributed by atoms with Crippen molar-refractivity contribution in [3.63, 3.8) is 0 Å². The number of hydrogen-bond acceptors (Lipinski definition) is 6. The van der Waals surface area contributed by atoms with Crippen LogP contribution in [-0.2, 0) is 0 Å². The van der Waals surface area contributed by atoms with Crippen LogP contribution in [0.1, 0.15) is 0 Å². The van der Waals surface area contributed by atoms with E-state index in [9.17, 15) is 0 Å². The summed E-state index contributed by atoms with van der Waals surface area (Å²) in [7, 11) is 1.52. The van der Waals surface area contributed by atoms with Crippen molar-refractivity contribution in [2.24, 2.45) is 0 Å². The summed E-state index contributed by atoms with van der Waals surface area (Å²) in [5, 5.41) is 18.2. The van der Waals surface area contributed by atoms with E-state index in [4.69, 9.17) is 20.7 Å². The topological polar surface area (TPSA) is 108 Å². The highest BCUT2D eigenvalue weighted by molar-refractivity contribution is 5.96. The molecule has 1 aromatic carbocycles. The van der Waals surface area contributed by atoms with Crippen LogP contribution in [0, 0.1) is 0 Å². The number of anilines is 2. The van der Waals surface area contributed by atoms with Gasteiger partial charge in [-0.25, -0.2) is 0 Å². The Hall–Kier alpha value is -1.99. The van der Waals surface area contributed by atoms with Crippen molar-refractivity contribution in [1.82, 2.24) is 9.97 Å². The van der Waals surface area contributed by atoms with Gasteiger partial charge in [0.05, 0.1) is 37.2 Å². The maximum absolute atomic E-state index is 9.10. The molecule has 5 N–H and O–H groups in total. The number of nitrogens with zero attached hydrogens (tertiary/aromatic N) is 2. The second-order valence-corrected chi connectivity index (χ2v) is 4.08. The first-order chi connectivity index (χ1) is 9.21. The summed E-state index contributed by atoms with van der Waals surface area (Å²) in [6, 6.07) is 3.96. The number of aliphatic hydroxyl groups is 2. The number of fused-ring (bicyclic) bond motifs is 1. The minimum atomic E-state index is -0.00284. The molecule has 0 aliphatic carbocycles. The number of ether oxygens (including phenoxy) is 1. The minimum Gasteiger partial charge on any atom is -0.468 e. The first-order valence-electron chi connectivity index (χ1n) is 6.00. The number of nitrogens with two attached hydrogens (primary N) is 1. The first kappa shape index (κ1) is 13.4. The van der Waals surface area contributed by atoms with Crippen molar-refractivity contribution in [1.29, 1.82) is 0 Å². The summed E-state index contributed by atoms with van der Waals surface area (Å²) >= 11 is 0. The molecule has 19 heavy (non-hydrogen) atoms. The van der Waals surface area contributed by atoms with E-state index in [1.807, 2.05) is 11.0 Å². The molecule has 1 aromatic heterocycles. The van der Waals surface area contributed by atoms with Crippen LogP contribution < -0.4 is 15.4 Å². The van der Waals surface area contributed by atoms with E-state index in [1.54, 1.807) is 6.07 Å². The van der Waals surface area contributed by atoms with Crippen LogP contribution in [0.15, 0.2) is 12.1 Å². The lowest BCUT2D eigenvalue weighted by molar-refractivity contribution is 0.281. The number of aromatic amines is 1. The molecule has 0 unspecified atom stereocenters. The van der Waals surface area contributed by atoms with Gasteiger partial charge < -0.3 is 30.6 Å². The predicted molar refractivity (Wildman–Crippen MR) is 73.4 cm³/mol. The van der Waals surface area contributed by atoms with Crippen molar-refractivity contribution < 1.29 is 14.9 Å². The molecule has 2 rings (SSSR count). The van der Waals surface area contributed by atoms with Crippen LogP contribution in [0.3, 0.4) is 0 Å². The zero-order chi connectivity index (χ0) is 13.8. The summed E-state index contributed by atoms with van der Waals surface area (Å²) in [4.78, 5) is 9.13. The largest absolute Gasteiger partial charge is 0.468 e. The predicted octanol–water partition coefficient (Wildman–Crippen LogP) is -0.0553. The van der Waals surface area contributed by atoms with Gasteiger partial charge in [-0.05, 0) is 12.1 Å². The van der Waals surface area contributed by atoms with Gasteiger partial charge in [0.1, 0.15) is 5.52 Å². The van der Waals surface area contributed by atoms with Gasteiger partial charge in [-0.15, -0.1) is 0 Å². The highest BCUT2D eigenvalue weighted by atomic mass is 16.5. The van der Waals surface area contributed by atoms with E-state index in [2.05, 4.69) is 9.97 Å². The molecule has 0 fully saturated rings. The number of aromatic nitrogens is 2. The third-order valence-corrected chi connectivity index (χ3v) is 2.91. The van der Waals surface area contributed by atoms with Crippen molar-refractivity contribution in [3.05, 3.63) is 12.1 Å². The lowest BCUT2D eigenvalue weighted by atomic mass is 10.2. The molecule has 0 aliphatic heterocycles. The molecule has 0 atom stereocenters. The van der Waals surface area contributed by atoms with Gasteiger partial charge in [-0.2, -0.15) is 4.98 Å². The van der Waals surface area contributed by atoms with Crippen LogP contribution in [-0.4, -0.2) is 53.6 Å². The fraction of sp³-hybridized carbons (Fsp3) is 0.417. The van der Waals surface area contributed by atoms with E-state index in [0.717, 1.165) is 11.2 Å². The molecule has 0 saturated carbocycles. The Morgan fingerprint density at radius 1 is 1.32 bits per heavy atom. The highest BCUT2D eigenvalue weighted by Crippen LogP contribution is 2.30. The van der Waals surface area contributed by atoms with E-state index in [-0.39, 0.29) is 13.2 Å². The fourth-order valence-electron chi connectivity index (χ4n) is 2.03. The molecule has 1 heterocycles. The van der Waals surface area contributed by atoms with Gasteiger partial charge in [0.15, 0.2) is 0 Å². The minimum absolute atomic E-state index is 0.00284. The van der Waals surface area contributed by atoms with Crippen LogP contribution in [0.25, 0.3) is 11.0 Å². The fourth-order valence-corrected chi connectivity index (χ4v) is 2.03. The second kappa shape index (κ2) is 5.77. The van der Waals surface area contributed by atoms with E-state index in [1.165, 1.54) is 7.11 Å². The summed E-state index contributed by atoms with van der Waals surface area (Å²) in [5.41, 5.74) is 8.61. The van der Waals surface area contributed by atoms with E-state index in [0.29, 0.717) is 30.3 Å². The van der Waals surface area contributed by atoms with Gasteiger partial charge in [-0.1, -0.05) is 0 Å². The Morgan fingerprint density at radius 2 is 2.00 bits per heavy atom. The number of benzene rings is 1. The Morgan fingerprint density at radius 3 is 2.58 bits per heavy atom. The molecule has 0 amide bonds. The summed E-state index contributed by atoms with van der Waals surface area (Å²) in [6.45, 7) is 0.829. The van der Waals surface area contributed by atoms with Gasteiger partial charge >= 0.3 is 0 Å². The Kier molecular flexibility index (Phi) is 4.08. The van der Waals surface area contributed by atoms with Crippen LogP contribution in [0.2, 0.25) is 0 Å². The Balaban J connectivity index is 2.52. The number of methoxy groups -OCH3 is 1. The molecule has 7 nitrogen and oxygen atoms in total. The Bertz CT molecular complexity index is 549. The summed E-state index contributed by atoms with van der Waals surface area (Å²) < 4.78 is 5.07. The van der Waals surface area contributed by atoms with Crippen LogP contribution >= 0.6 is 0 Å². The van der Waals surface area contributed by atoms with Gasteiger partial charge in [0.25, 0.3) is 6.01 Å². The average Bonchev–Trinajstić information content (AvgIpc) is 2.84. The molecular formula is C12H18N4O3. The smallest absolute Gasteiger partial charge is 0.294 e. The third-order valence-electron chi connectivity index (χ3n) is 2.91. The van der Waals surface area contributed by atoms with Crippen LogP contribution in [0.4, 0.5) is 11.4 Å². The molecule has 7 heteroatoms. The zero-order valence-electron chi connectivity index (χ0n) is 10.8. The number of H-pyrrole nitrogens is 1. The highest BCUT2D eigenvalue weighted by Gasteiger charge is 2.15. The lowest BCUT2D eigenvalue weighted by Crippen LogP contribution is -2.29.